The van der Waals surface area contributed by atoms with Gasteiger partial charge in [-0.3, -0.25) is 0 Å². The third kappa shape index (κ3) is 1.39. The molecule has 0 saturated heterocycles. The van der Waals surface area contributed by atoms with E-state index in [1.54, 1.807) is 0 Å². The SMILES string of the molecule is CCOc1nc2cc3c(cc2s1)OCO3. The molecule has 1 aromatic heterocycles. The van der Waals surface area contributed by atoms with Crippen LogP contribution in [0.2, 0.25) is 0 Å². The molecule has 15 heavy (non-hydrogen) atoms. The molecule has 1 aliphatic heterocycles. The molecule has 0 bridgehead atoms. The second kappa shape index (κ2) is 3.27. The average molecular weight is 223 g/mol. The average Bonchev–Trinajstić information content (AvgIpc) is 2.78. The Morgan fingerprint density at radius 3 is 3.00 bits per heavy atom. The number of aromatic nitrogens is 1. The van der Waals surface area contributed by atoms with Crippen molar-refractivity contribution in [2.45, 2.75) is 6.92 Å². The van der Waals surface area contributed by atoms with E-state index in [-0.39, 0.29) is 0 Å². The normalized spacial score (nSPS) is 13.4. The Hall–Kier alpha value is -1.49. The van der Waals surface area contributed by atoms with Crippen LogP contribution in [0.15, 0.2) is 12.1 Å². The third-order valence-electron chi connectivity index (χ3n) is 2.13. The maximum atomic E-state index is 5.35. The molecule has 4 nitrogen and oxygen atoms in total. The molecule has 5 heteroatoms. The molecule has 0 spiro atoms. The van der Waals surface area contributed by atoms with Crippen LogP contribution in [0.1, 0.15) is 6.92 Å². The van der Waals surface area contributed by atoms with E-state index in [0.29, 0.717) is 18.6 Å². The Bertz CT molecular complexity index is 468. The highest BCUT2D eigenvalue weighted by Crippen LogP contribution is 2.39. The molecule has 2 heterocycles. The Kier molecular flexibility index (Phi) is 1.92. The highest BCUT2D eigenvalue weighted by molar-refractivity contribution is 7.20. The first-order valence-corrected chi connectivity index (χ1v) is 5.51. The highest BCUT2D eigenvalue weighted by Gasteiger charge is 2.16. The summed E-state index contributed by atoms with van der Waals surface area (Å²) in [5, 5.41) is 0.691. The monoisotopic (exact) mass is 223 g/mol. The van der Waals surface area contributed by atoms with Crippen molar-refractivity contribution in [3.05, 3.63) is 12.1 Å². The van der Waals surface area contributed by atoms with Crippen LogP contribution in [0.4, 0.5) is 0 Å². The van der Waals surface area contributed by atoms with E-state index in [0.717, 1.165) is 21.7 Å². The summed E-state index contributed by atoms with van der Waals surface area (Å²) in [4.78, 5) is 4.34. The largest absolute Gasteiger partial charge is 0.470 e. The van der Waals surface area contributed by atoms with Gasteiger partial charge in [-0.1, -0.05) is 11.3 Å². The molecule has 0 fully saturated rings. The summed E-state index contributed by atoms with van der Waals surface area (Å²) in [7, 11) is 0. The highest BCUT2D eigenvalue weighted by atomic mass is 32.1. The first-order chi connectivity index (χ1) is 7.36. The Balaban J connectivity index is 2.12. The summed E-state index contributed by atoms with van der Waals surface area (Å²) in [5.41, 5.74) is 0.896. The lowest BCUT2D eigenvalue weighted by Crippen LogP contribution is -1.92. The molecular formula is C10H9NO3S. The predicted octanol–water partition coefficient (Wildman–Crippen LogP) is 2.42. The minimum absolute atomic E-state index is 0.297. The van der Waals surface area contributed by atoms with Gasteiger partial charge in [0.25, 0.3) is 5.19 Å². The van der Waals surface area contributed by atoms with Crippen LogP contribution in [0, 0.1) is 0 Å². The maximum Gasteiger partial charge on any atom is 0.274 e. The first kappa shape index (κ1) is 8.79. The number of hydrogen-bond donors (Lipinski definition) is 0. The zero-order valence-corrected chi connectivity index (χ0v) is 8.97. The summed E-state index contributed by atoms with van der Waals surface area (Å²) < 4.78 is 17.0. The number of thiazole rings is 1. The number of benzene rings is 1. The third-order valence-corrected chi connectivity index (χ3v) is 3.06. The number of hydrogen-bond acceptors (Lipinski definition) is 5. The molecule has 1 aromatic carbocycles. The number of rotatable bonds is 2. The predicted molar refractivity (Wildman–Crippen MR) is 56.9 cm³/mol. The van der Waals surface area contributed by atoms with E-state index in [2.05, 4.69) is 4.98 Å². The van der Waals surface area contributed by atoms with Crippen molar-refractivity contribution in [2.75, 3.05) is 13.4 Å². The fourth-order valence-electron chi connectivity index (χ4n) is 1.48. The summed E-state index contributed by atoms with van der Waals surface area (Å²) in [6.07, 6.45) is 0. The van der Waals surface area contributed by atoms with Gasteiger partial charge in [0, 0.05) is 12.1 Å². The van der Waals surface area contributed by atoms with E-state index < -0.39 is 0 Å². The van der Waals surface area contributed by atoms with Crippen molar-refractivity contribution in [2.24, 2.45) is 0 Å². The van der Waals surface area contributed by atoms with Gasteiger partial charge in [-0.25, -0.2) is 4.98 Å². The van der Waals surface area contributed by atoms with E-state index in [1.807, 2.05) is 19.1 Å². The molecule has 2 aromatic rings. The van der Waals surface area contributed by atoms with Crippen molar-refractivity contribution in [1.29, 1.82) is 0 Å². The van der Waals surface area contributed by atoms with Gasteiger partial charge in [0.05, 0.1) is 16.8 Å². The Morgan fingerprint density at radius 1 is 1.40 bits per heavy atom. The molecule has 3 rings (SSSR count). The fraction of sp³-hybridized carbons (Fsp3) is 0.300. The van der Waals surface area contributed by atoms with Crippen molar-refractivity contribution in [3.8, 4) is 16.7 Å². The smallest absolute Gasteiger partial charge is 0.274 e. The van der Waals surface area contributed by atoms with Crippen molar-refractivity contribution >= 4 is 21.6 Å². The lowest BCUT2D eigenvalue weighted by Gasteiger charge is -1.93. The van der Waals surface area contributed by atoms with Crippen LogP contribution in [0.25, 0.3) is 10.2 Å². The maximum absolute atomic E-state index is 5.35. The minimum atomic E-state index is 0.297. The van der Waals surface area contributed by atoms with Crippen molar-refractivity contribution in [1.82, 2.24) is 4.98 Å². The molecule has 1 aliphatic rings. The summed E-state index contributed by atoms with van der Waals surface area (Å²) in [5.74, 6) is 1.55. The topological polar surface area (TPSA) is 40.6 Å². The van der Waals surface area contributed by atoms with Crippen LogP contribution >= 0.6 is 11.3 Å². The molecule has 0 aliphatic carbocycles. The first-order valence-electron chi connectivity index (χ1n) is 4.70. The quantitative estimate of drug-likeness (QED) is 0.784. The van der Waals surface area contributed by atoms with E-state index in [9.17, 15) is 0 Å². The zero-order chi connectivity index (χ0) is 10.3. The number of ether oxygens (including phenoxy) is 3. The Labute approximate surface area is 90.4 Å². The molecule has 0 amide bonds. The van der Waals surface area contributed by atoms with Gasteiger partial charge >= 0.3 is 0 Å². The molecule has 0 radical (unpaired) electrons. The van der Waals surface area contributed by atoms with Crippen LogP contribution in [0.3, 0.4) is 0 Å². The molecule has 78 valence electrons. The van der Waals surface area contributed by atoms with Crippen molar-refractivity contribution < 1.29 is 14.2 Å². The van der Waals surface area contributed by atoms with Gasteiger partial charge in [-0.05, 0) is 6.92 Å². The lowest BCUT2D eigenvalue weighted by atomic mass is 10.3. The van der Waals surface area contributed by atoms with Gasteiger partial charge in [0.2, 0.25) is 6.79 Å². The molecule has 0 unspecified atom stereocenters. The zero-order valence-electron chi connectivity index (χ0n) is 8.15. The standard InChI is InChI=1S/C10H9NO3S/c1-2-12-10-11-6-3-7-8(14-5-13-7)4-9(6)15-10/h3-4H,2,5H2,1H3. The second-order valence-electron chi connectivity index (χ2n) is 3.09. The summed E-state index contributed by atoms with van der Waals surface area (Å²) >= 11 is 1.52. The summed E-state index contributed by atoms with van der Waals surface area (Å²) in [6, 6.07) is 3.83. The van der Waals surface area contributed by atoms with Gasteiger partial charge in [-0.2, -0.15) is 0 Å². The van der Waals surface area contributed by atoms with Gasteiger partial charge in [-0.15, -0.1) is 0 Å². The van der Waals surface area contributed by atoms with Crippen LogP contribution < -0.4 is 14.2 Å². The number of nitrogens with zero attached hydrogens (tertiary/aromatic N) is 1. The minimum Gasteiger partial charge on any atom is -0.470 e. The number of fused-ring (bicyclic) bond motifs is 2. The molecular weight excluding hydrogens is 214 g/mol. The molecule has 0 N–H and O–H groups in total. The van der Waals surface area contributed by atoms with Gasteiger partial charge in [0.1, 0.15) is 0 Å². The fourth-order valence-corrected chi connectivity index (χ4v) is 2.37. The van der Waals surface area contributed by atoms with Crippen molar-refractivity contribution in [3.63, 3.8) is 0 Å². The summed E-state index contributed by atoms with van der Waals surface area (Å²) in [6.45, 7) is 2.87. The second-order valence-corrected chi connectivity index (χ2v) is 4.08. The van der Waals surface area contributed by atoms with Crippen LogP contribution in [-0.2, 0) is 0 Å². The van der Waals surface area contributed by atoms with Crippen LogP contribution in [0.5, 0.6) is 16.7 Å². The van der Waals surface area contributed by atoms with Crippen LogP contribution in [-0.4, -0.2) is 18.4 Å². The van der Waals surface area contributed by atoms with Gasteiger partial charge in [0.15, 0.2) is 11.5 Å². The lowest BCUT2D eigenvalue weighted by molar-refractivity contribution is 0.174. The molecule has 0 atom stereocenters. The van der Waals surface area contributed by atoms with E-state index in [1.165, 1.54) is 11.3 Å². The Morgan fingerprint density at radius 2 is 2.20 bits per heavy atom. The van der Waals surface area contributed by atoms with E-state index >= 15 is 0 Å². The van der Waals surface area contributed by atoms with E-state index in [4.69, 9.17) is 14.2 Å². The molecule has 0 saturated carbocycles. The van der Waals surface area contributed by atoms with Gasteiger partial charge < -0.3 is 14.2 Å².